The Bertz CT molecular complexity index is 543. The number of carbonyl (C=O) groups is 1. The van der Waals surface area contributed by atoms with E-state index in [1.165, 1.54) is 6.07 Å². The highest BCUT2D eigenvalue weighted by Gasteiger charge is 2.19. The number of ether oxygens (including phenoxy) is 1. The summed E-state index contributed by atoms with van der Waals surface area (Å²) >= 11 is 11.6. The third-order valence-corrected chi connectivity index (χ3v) is 3.51. The number of aromatic carboxylic acids is 1. The van der Waals surface area contributed by atoms with E-state index in [9.17, 15) is 9.18 Å². The number of allylic oxidation sites excluding steroid dienone is 1. The van der Waals surface area contributed by atoms with Gasteiger partial charge in [0, 0.05) is 17.5 Å². The van der Waals surface area contributed by atoms with Gasteiger partial charge in [0.15, 0.2) is 11.6 Å². The van der Waals surface area contributed by atoms with E-state index in [0.717, 1.165) is 11.1 Å². The molecule has 0 aliphatic heterocycles. The summed E-state index contributed by atoms with van der Waals surface area (Å²) in [5.74, 6) is -2.04. The lowest BCUT2D eigenvalue weighted by Crippen LogP contribution is -2.19. The maximum absolute atomic E-state index is 13.7. The molecule has 0 saturated heterocycles. The van der Waals surface area contributed by atoms with Gasteiger partial charge in [0.05, 0.1) is 10.6 Å². The average Bonchev–Trinajstić information content (AvgIpc) is 2.35. The van der Waals surface area contributed by atoms with Crippen molar-refractivity contribution in [1.82, 2.24) is 0 Å². The molecule has 102 valence electrons. The molecule has 1 N–H and O–H groups in total. The number of carboxylic acids is 1. The molecule has 3 nitrogen and oxygen atoms in total. The Morgan fingerprint density at radius 3 is 2.74 bits per heavy atom. The highest BCUT2D eigenvalue weighted by molar-refractivity contribution is 6.33. The molecule has 0 saturated carbocycles. The largest absolute Gasteiger partial charge is 0.487 e. The summed E-state index contributed by atoms with van der Waals surface area (Å²) in [6.45, 7) is 0. The van der Waals surface area contributed by atoms with Gasteiger partial charge < -0.3 is 9.84 Å². The Balaban J connectivity index is 2.17. The Morgan fingerprint density at radius 2 is 2.16 bits per heavy atom. The molecular weight excluding hydrogens is 294 g/mol. The molecule has 0 fully saturated rings. The van der Waals surface area contributed by atoms with Gasteiger partial charge in [-0.3, -0.25) is 0 Å². The average molecular weight is 305 g/mol. The summed E-state index contributed by atoms with van der Waals surface area (Å²) in [7, 11) is 0. The van der Waals surface area contributed by atoms with Crippen LogP contribution >= 0.6 is 23.2 Å². The predicted molar refractivity (Wildman–Crippen MR) is 70.6 cm³/mol. The van der Waals surface area contributed by atoms with Crippen LogP contribution in [0.15, 0.2) is 23.2 Å². The van der Waals surface area contributed by atoms with Crippen molar-refractivity contribution < 1.29 is 19.0 Å². The minimum Gasteiger partial charge on any atom is -0.487 e. The highest BCUT2D eigenvalue weighted by Crippen LogP contribution is 2.30. The van der Waals surface area contributed by atoms with Crippen LogP contribution in [0.1, 0.15) is 29.6 Å². The number of halogens is 3. The quantitative estimate of drug-likeness (QED) is 0.909. The summed E-state index contributed by atoms with van der Waals surface area (Å²) in [5, 5.41) is 9.55. The first-order valence-electron chi connectivity index (χ1n) is 5.71. The molecule has 1 aromatic carbocycles. The molecule has 0 spiro atoms. The molecule has 6 heteroatoms. The van der Waals surface area contributed by atoms with Gasteiger partial charge in [-0.1, -0.05) is 29.3 Å². The van der Waals surface area contributed by atoms with Crippen molar-refractivity contribution in [1.29, 1.82) is 0 Å². The fourth-order valence-electron chi connectivity index (χ4n) is 1.85. The van der Waals surface area contributed by atoms with Crippen LogP contribution in [0, 0.1) is 5.82 Å². The van der Waals surface area contributed by atoms with Crippen molar-refractivity contribution in [2.75, 3.05) is 0 Å². The van der Waals surface area contributed by atoms with Gasteiger partial charge in [-0.05, 0) is 18.9 Å². The zero-order valence-electron chi connectivity index (χ0n) is 9.83. The molecule has 1 aliphatic carbocycles. The molecule has 1 atom stereocenters. The van der Waals surface area contributed by atoms with Gasteiger partial charge >= 0.3 is 5.97 Å². The molecule has 1 aliphatic rings. The first kappa shape index (κ1) is 14.2. The molecule has 1 unspecified atom stereocenters. The molecule has 0 radical (unpaired) electrons. The third kappa shape index (κ3) is 3.39. The van der Waals surface area contributed by atoms with Crippen molar-refractivity contribution in [3.8, 4) is 5.75 Å². The van der Waals surface area contributed by atoms with Gasteiger partial charge in [-0.2, -0.15) is 0 Å². The molecule has 2 rings (SSSR count). The van der Waals surface area contributed by atoms with E-state index in [1.807, 2.05) is 6.08 Å². The van der Waals surface area contributed by atoms with E-state index < -0.39 is 11.8 Å². The van der Waals surface area contributed by atoms with Crippen LogP contribution in [0.4, 0.5) is 4.39 Å². The first-order chi connectivity index (χ1) is 8.97. The maximum Gasteiger partial charge on any atom is 0.337 e. The Labute approximate surface area is 119 Å². The van der Waals surface area contributed by atoms with E-state index in [1.54, 1.807) is 0 Å². The van der Waals surface area contributed by atoms with Crippen LogP contribution in [0.5, 0.6) is 5.75 Å². The summed E-state index contributed by atoms with van der Waals surface area (Å²) in [6.07, 6.45) is 3.63. The third-order valence-electron chi connectivity index (χ3n) is 2.85. The van der Waals surface area contributed by atoms with Crippen LogP contribution < -0.4 is 4.74 Å². The summed E-state index contributed by atoms with van der Waals surface area (Å²) in [5.41, 5.74) is -0.280. The van der Waals surface area contributed by atoms with Crippen molar-refractivity contribution in [2.24, 2.45) is 0 Å². The van der Waals surface area contributed by atoms with Crippen LogP contribution in [0.2, 0.25) is 5.02 Å². The Morgan fingerprint density at radius 1 is 1.42 bits per heavy atom. The van der Waals surface area contributed by atoms with Crippen LogP contribution in [-0.4, -0.2) is 17.2 Å². The van der Waals surface area contributed by atoms with Crippen molar-refractivity contribution in [3.05, 3.63) is 39.6 Å². The van der Waals surface area contributed by atoms with Gasteiger partial charge in [-0.15, -0.1) is 0 Å². The monoisotopic (exact) mass is 304 g/mol. The lowest BCUT2D eigenvalue weighted by Gasteiger charge is -2.21. The topological polar surface area (TPSA) is 46.5 Å². The van der Waals surface area contributed by atoms with Gasteiger partial charge in [-0.25, -0.2) is 9.18 Å². The number of hydrogen-bond donors (Lipinski definition) is 1. The van der Waals surface area contributed by atoms with Gasteiger partial charge in [0.2, 0.25) is 0 Å². The Kier molecular flexibility index (Phi) is 4.32. The van der Waals surface area contributed by atoms with Crippen LogP contribution in [-0.2, 0) is 0 Å². The highest BCUT2D eigenvalue weighted by atomic mass is 35.5. The lowest BCUT2D eigenvalue weighted by atomic mass is 10.0. The second-order valence-electron chi connectivity index (χ2n) is 4.23. The first-order valence-corrected chi connectivity index (χ1v) is 6.46. The van der Waals surface area contributed by atoms with Gasteiger partial charge in [0.1, 0.15) is 6.10 Å². The molecule has 0 amide bonds. The summed E-state index contributed by atoms with van der Waals surface area (Å²) < 4.78 is 19.2. The Hall–Kier alpha value is -1.26. The minimum absolute atomic E-state index is 0.0357. The SMILES string of the molecule is O=C(O)c1cc(F)c(OC2CC=C(Cl)CC2)cc1Cl. The molecule has 19 heavy (non-hydrogen) atoms. The van der Waals surface area contributed by atoms with Crippen LogP contribution in [0.25, 0.3) is 0 Å². The van der Waals surface area contributed by atoms with Crippen molar-refractivity contribution >= 4 is 29.2 Å². The number of hydrogen-bond acceptors (Lipinski definition) is 2. The number of carboxylic acid groups (broad SMARTS) is 1. The second-order valence-corrected chi connectivity index (χ2v) is 5.13. The number of benzene rings is 1. The number of rotatable bonds is 3. The van der Waals surface area contributed by atoms with E-state index >= 15 is 0 Å². The summed E-state index contributed by atoms with van der Waals surface area (Å²) in [6, 6.07) is 2.06. The fraction of sp³-hybridized carbons (Fsp3) is 0.308. The standard InChI is InChI=1S/C13H11Cl2FO3/c14-7-1-3-8(4-2-7)19-12-6-10(15)9(13(17)18)5-11(12)16/h1,5-6,8H,2-4H2,(H,17,18). The molecule has 0 bridgehead atoms. The second kappa shape index (κ2) is 5.80. The van der Waals surface area contributed by atoms with E-state index in [4.69, 9.17) is 33.0 Å². The van der Waals surface area contributed by atoms with Gasteiger partial charge in [0.25, 0.3) is 0 Å². The molecule has 0 heterocycles. The van der Waals surface area contributed by atoms with E-state index in [-0.39, 0.29) is 22.4 Å². The van der Waals surface area contributed by atoms with E-state index in [2.05, 4.69) is 0 Å². The van der Waals surface area contributed by atoms with Crippen molar-refractivity contribution in [2.45, 2.75) is 25.4 Å². The van der Waals surface area contributed by atoms with E-state index in [0.29, 0.717) is 19.3 Å². The molecule has 1 aromatic rings. The van der Waals surface area contributed by atoms with Crippen molar-refractivity contribution in [3.63, 3.8) is 0 Å². The smallest absolute Gasteiger partial charge is 0.337 e. The predicted octanol–water partition coefficient (Wildman–Crippen LogP) is 4.23. The zero-order valence-corrected chi connectivity index (χ0v) is 11.3. The molecular formula is C13H11Cl2FO3. The minimum atomic E-state index is -1.28. The lowest BCUT2D eigenvalue weighted by molar-refractivity contribution is 0.0696. The summed E-state index contributed by atoms with van der Waals surface area (Å²) in [4.78, 5) is 10.8. The molecule has 0 aromatic heterocycles. The van der Waals surface area contributed by atoms with Crippen LogP contribution in [0.3, 0.4) is 0 Å². The zero-order chi connectivity index (χ0) is 14.0. The maximum atomic E-state index is 13.7. The normalized spacial score (nSPS) is 18.9. The fourth-order valence-corrected chi connectivity index (χ4v) is 2.28.